The van der Waals surface area contributed by atoms with E-state index in [1.165, 1.54) is 17.2 Å². The number of halogens is 2. The van der Waals surface area contributed by atoms with Crippen molar-refractivity contribution < 1.29 is 13.6 Å². The Morgan fingerprint density at radius 3 is 2.54 bits per heavy atom. The highest BCUT2D eigenvalue weighted by molar-refractivity contribution is 6.09. The molecule has 2 aromatic heterocycles. The van der Waals surface area contributed by atoms with E-state index in [0.29, 0.717) is 11.9 Å². The fraction of sp³-hybridized carbons (Fsp3) is 0.0625. The highest BCUT2D eigenvalue weighted by Gasteiger charge is 2.33. The smallest absolute Gasteiger partial charge is 0.263 e. The van der Waals surface area contributed by atoms with Crippen molar-refractivity contribution in [2.45, 2.75) is 6.54 Å². The van der Waals surface area contributed by atoms with E-state index in [1.54, 1.807) is 18.5 Å². The molecule has 0 spiro atoms. The van der Waals surface area contributed by atoms with Crippen molar-refractivity contribution >= 4 is 11.7 Å². The van der Waals surface area contributed by atoms with Gasteiger partial charge in [-0.1, -0.05) is 0 Å². The molecular formula is C16H9F2N5O. The summed E-state index contributed by atoms with van der Waals surface area (Å²) in [6.45, 7) is 0.0367. The number of benzene rings is 1. The van der Waals surface area contributed by atoms with Crippen molar-refractivity contribution in [3.05, 3.63) is 65.6 Å². The maximum absolute atomic E-state index is 13.9. The fourth-order valence-electron chi connectivity index (χ4n) is 2.58. The van der Waals surface area contributed by atoms with Crippen molar-refractivity contribution in [2.24, 2.45) is 0 Å². The Bertz CT molecular complexity index is 948. The number of fused-ring (bicyclic) bond motifs is 1. The van der Waals surface area contributed by atoms with Crippen LogP contribution in [-0.4, -0.2) is 25.8 Å². The molecule has 1 aromatic carbocycles. The van der Waals surface area contributed by atoms with Gasteiger partial charge >= 0.3 is 0 Å². The topological polar surface area (TPSA) is 71.9 Å². The zero-order valence-electron chi connectivity index (χ0n) is 12.1. The van der Waals surface area contributed by atoms with E-state index in [9.17, 15) is 13.6 Å². The molecule has 0 aliphatic carbocycles. The molecule has 0 bridgehead atoms. The van der Waals surface area contributed by atoms with Gasteiger partial charge in [-0.25, -0.2) is 28.7 Å². The zero-order valence-corrected chi connectivity index (χ0v) is 12.1. The van der Waals surface area contributed by atoms with Gasteiger partial charge in [-0.05, 0) is 23.8 Å². The van der Waals surface area contributed by atoms with E-state index in [1.807, 2.05) is 0 Å². The molecule has 1 aliphatic heterocycles. The predicted octanol–water partition coefficient (Wildman–Crippen LogP) is 2.37. The molecule has 24 heavy (non-hydrogen) atoms. The van der Waals surface area contributed by atoms with E-state index in [2.05, 4.69) is 19.9 Å². The van der Waals surface area contributed by atoms with Crippen LogP contribution in [0.4, 0.5) is 14.6 Å². The lowest BCUT2D eigenvalue weighted by Gasteiger charge is -2.14. The molecule has 0 unspecified atom stereocenters. The largest absolute Gasteiger partial charge is 0.288 e. The van der Waals surface area contributed by atoms with Crippen molar-refractivity contribution in [3.8, 4) is 11.6 Å². The van der Waals surface area contributed by atoms with E-state index in [0.717, 1.165) is 6.07 Å². The number of carbonyl (C=O) groups excluding carboxylic acids is 1. The maximum atomic E-state index is 13.9. The Labute approximate surface area is 134 Å². The Balaban J connectivity index is 1.74. The quantitative estimate of drug-likeness (QED) is 0.723. The summed E-state index contributed by atoms with van der Waals surface area (Å²) < 4.78 is 27.2. The van der Waals surface area contributed by atoms with Crippen LogP contribution in [0.1, 0.15) is 15.9 Å². The number of rotatable bonds is 2. The predicted molar refractivity (Wildman–Crippen MR) is 79.9 cm³/mol. The van der Waals surface area contributed by atoms with Gasteiger partial charge in [-0.15, -0.1) is 0 Å². The number of hydrogen-bond donors (Lipinski definition) is 0. The standard InChI is InChI=1S/C16H9F2N5O/c17-10-6-9-8-23(16(24)13(9)11(18)7-10)12-2-5-21-15(22-12)14-19-3-1-4-20-14/h1-7H,8H2. The van der Waals surface area contributed by atoms with E-state index >= 15 is 0 Å². The molecule has 3 heterocycles. The molecular weight excluding hydrogens is 316 g/mol. The van der Waals surface area contributed by atoms with Crippen molar-refractivity contribution in [3.63, 3.8) is 0 Å². The highest BCUT2D eigenvalue weighted by Crippen LogP contribution is 2.30. The third-order valence-electron chi connectivity index (χ3n) is 3.61. The summed E-state index contributed by atoms with van der Waals surface area (Å²) in [4.78, 5) is 30.2. The van der Waals surface area contributed by atoms with Crippen molar-refractivity contribution in [1.29, 1.82) is 0 Å². The number of aromatic nitrogens is 4. The van der Waals surface area contributed by atoms with Crippen LogP contribution in [0.3, 0.4) is 0 Å². The minimum atomic E-state index is -0.877. The summed E-state index contributed by atoms with van der Waals surface area (Å²) in [5.41, 5.74) is 0.154. The third kappa shape index (κ3) is 2.28. The van der Waals surface area contributed by atoms with Crippen LogP contribution in [0.15, 0.2) is 42.9 Å². The minimum absolute atomic E-state index is 0.0367. The average molecular weight is 325 g/mol. The molecule has 0 radical (unpaired) electrons. The van der Waals surface area contributed by atoms with Crippen LogP contribution in [0.25, 0.3) is 11.6 Å². The summed E-state index contributed by atoms with van der Waals surface area (Å²) >= 11 is 0. The lowest BCUT2D eigenvalue weighted by Crippen LogP contribution is -2.24. The first-order valence-corrected chi connectivity index (χ1v) is 7.04. The molecule has 0 N–H and O–H groups in total. The van der Waals surface area contributed by atoms with Gasteiger partial charge < -0.3 is 0 Å². The Morgan fingerprint density at radius 2 is 1.75 bits per heavy atom. The molecule has 118 valence electrons. The number of amides is 1. The van der Waals surface area contributed by atoms with Gasteiger partial charge in [-0.3, -0.25) is 9.69 Å². The number of hydrogen-bond acceptors (Lipinski definition) is 5. The van der Waals surface area contributed by atoms with Crippen LogP contribution in [-0.2, 0) is 6.54 Å². The molecule has 3 aromatic rings. The van der Waals surface area contributed by atoms with Gasteiger partial charge in [0.05, 0.1) is 12.1 Å². The molecule has 0 saturated carbocycles. The summed E-state index contributed by atoms with van der Waals surface area (Å²) in [6, 6.07) is 5.03. The SMILES string of the molecule is O=C1c2c(F)cc(F)cc2CN1c1ccnc(-c2ncccn2)n1. The first-order valence-electron chi connectivity index (χ1n) is 7.04. The van der Waals surface area contributed by atoms with E-state index in [-0.39, 0.29) is 29.3 Å². The second-order valence-electron chi connectivity index (χ2n) is 5.12. The normalized spacial score (nSPS) is 13.2. The Kier molecular flexibility index (Phi) is 3.23. The average Bonchev–Trinajstić information content (AvgIpc) is 2.92. The number of carbonyl (C=O) groups is 1. The summed E-state index contributed by atoms with van der Waals surface area (Å²) in [5, 5.41) is 0. The van der Waals surface area contributed by atoms with Crippen molar-refractivity contribution in [1.82, 2.24) is 19.9 Å². The summed E-state index contributed by atoms with van der Waals surface area (Å²) in [5.74, 6) is -1.35. The van der Waals surface area contributed by atoms with Gasteiger partial charge in [0.1, 0.15) is 17.5 Å². The molecule has 4 rings (SSSR count). The van der Waals surface area contributed by atoms with Gasteiger partial charge in [0, 0.05) is 24.7 Å². The second-order valence-corrected chi connectivity index (χ2v) is 5.12. The molecule has 6 nitrogen and oxygen atoms in total. The van der Waals surface area contributed by atoms with Crippen LogP contribution >= 0.6 is 0 Å². The minimum Gasteiger partial charge on any atom is -0.288 e. The Hall–Kier alpha value is -3.29. The lowest BCUT2D eigenvalue weighted by molar-refractivity contribution is 0.0992. The number of anilines is 1. The molecule has 0 saturated heterocycles. The third-order valence-corrected chi connectivity index (χ3v) is 3.61. The molecule has 1 aliphatic rings. The van der Waals surface area contributed by atoms with Crippen molar-refractivity contribution in [2.75, 3.05) is 4.90 Å². The van der Waals surface area contributed by atoms with Gasteiger partial charge in [0.2, 0.25) is 0 Å². The number of nitrogens with zero attached hydrogens (tertiary/aromatic N) is 5. The maximum Gasteiger partial charge on any atom is 0.263 e. The zero-order chi connectivity index (χ0) is 16.7. The fourth-order valence-corrected chi connectivity index (χ4v) is 2.58. The van der Waals surface area contributed by atoms with Crippen LogP contribution in [0.5, 0.6) is 0 Å². The lowest BCUT2D eigenvalue weighted by atomic mass is 10.1. The second kappa shape index (κ2) is 5.41. The van der Waals surface area contributed by atoms with Crippen LogP contribution in [0.2, 0.25) is 0 Å². The summed E-state index contributed by atoms with van der Waals surface area (Å²) in [6.07, 6.45) is 4.56. The van der Waals surface area contributed by atoms with E-state index < -0.39 is 17.5 Å². The van der Waals surface area contributed by atoms with Crippen LogP contribution < -0.4 is 4.90 Å². The van der Waals surface area contributed by atoms with E-state index in [4.69, 9.17) is 0 Å². The van der Waals surface area contributed by atoms with Gasteiger partial charge in [-0.2, -0.15) is 0 Å². The monoisotopic (exact) mass is 325 g/mol. The first-order chi connectivity index (χ1) is 11.6. The molecule has 8 heteroatoms. The Morgan fingerprint density at radius 1 is 1.00 bits per heavy atom. The van der Waals surface area contributed by atoms with Gasteiger partial charge in [0.15, 0.2) is 11.6 Å². The molecule has 0 fully saturated rings. The molecule has 1 amide bonds. The molecule has 0 atom stereocenters. The van der Waals surface area contributed by atoms with Crippen LogP contribution in [0, 0.1) is 11.6 Å². The highest BCUT2D eigenvalue weighted by atomic mass is 19.1. The summed E-state index contributed by atoms with van der Waals surface area (Å²) in [7, 11) is 0. The van der Waals surface area contributed by atoms with Gasteiger partial charge in [0.25, 0.3) is 5.91 Å². The first kappa shape index (κ1) is 14.3.